The summed E-state index contributed by atoms with van der Waals surface area (Å²) in [5, 5.41) is 0. The van der Waals surface area contributed by atoms with Crippen molar-refractivity contribution in [3.63, 3.8) is 0 Å². The van der Waals surface area contributed by atoms with Gasteiger partial charge in [0.15, 0.2) is 0 Å². The number of rotatable bonds is 11. The molecular formula is C34H49NO6S. The summed E-state index contributed by atoms with van der Waals surface area (Å²) < 4.78 is 47.7. The van der Waals surface area contributed by atoms with Crippen molar-refractivity contribution in [2.45, 2.75) is 85.8 Å². The maximum absolute atomic E-state index is 10.5. The minimum atomic E-state index is -4.02. The number of likely N-dealkylation sites (N-methyl/N-ethyl adjacent to an activating group) is 1. The molecule has 3 rings (SSSR count). The normalized spacial score (nSPS) is 11.5. The molecule has 0 amide bonds. The van der Waals surface area contributed by atoms with Gasteiger partial charge in [-0.25, -0.2) is 0 Å². The van der Waals surface area contributed by atoms with Gasteiger partial charge in [0.25, 0.3) is 10.1 Å². The van der Waals surface area contributed by atoms with E-state index in [1.165, 1.54) is 28.8 Å². The molecule has 7 nitrogen and oxygen atoms in total. The minimum Gasteiger partial charge on any atom is -0.496 e. The van der Waals surface area contributed by atoms with Gasteiger partial charge in [-0.15, -0.1) is 0 Å². The van der Waals surface area contributed by atoms with E-state index in [1.807, 2.05) is 6.92 Å². The second-order valence-electron chi connectivity index (χ2n) is 11.5. The van der Waals surface area contributed by atoms with Crippen LogP contribution in [0.2, 0.25) is 0 Å². The highest BCUT2D eigenvalue weighted by Crippen LogP contribution is 2.38. The SMILES string of the molecule is COc1c(C)c(C)c(OC(C)C)c(C)c1CN(C)CCOc1cc(C)ccc1C(C)C.Cc1ccc(S(=O)(=O)O)cc1. The molecule has 1 N–H and O–H groups in total. The number of ether oxygens (including phenoxy) is 3. The molecular weight excluding hydrogens is 550 g/mol. The zero-order valence-corrected chi connectivity index (χ0v) is 28.0. The molecule has 8 heteroatoms. The van der Waals surface area contributed by atoms with Gasteiger partial charge in [-0.2, -0.15) is 8.42 Å². The lowest BCUT2D eigenvalue weighted by atomic mass is 9.96. The first kappa shape index (κ1) is 35.1. The van der Waals surface area contributed by atoms with Crippen molar-refractivity contribution in [1.29, 1.82) is 0 Å². The first-order valence-corrected chi connectivity index (χ1v) is 15.8. The summed E-state index contributed by atoms with van der Waals surface area (Å²) in [5.74, 6) is 3.38. The molecule has 3 aromatic rings. The number of methoxy groups -OCH3 is 1. The van der Waals surface area contributed by atoms with Crippen LogP contribution in [0.5, 0.6) is 17.2 Å². The van der Waals surface area contributed by atoms with Gasteiger partial charge in [0.05, 0.1) is 18.1 Å². The Bertz CT molecular complexity index is 1430. The molecule has 0 saturated heterocycles. The Morgan fingerprint density at radius 3 is 1.93 bits per heavy atom. The van der Waals surface area contributed by atoms with Crippen LogP contribution in [0.1, 0.15) is 72.6 Å². The molecule has 232 valence electrons. The molecule has 0 aliphatic rings. The van der Waals surface area contributed by atoms with E-state index in [0.29, 0.717) is 12.5 Å². The fourth-order valence-corrected chi connectivity index (χ4v) is 5.13. The molecule has 0 unspecified atom stereocenters. The molecule has 0 bridgehead atoms. The average molecular weight is 600 g/mol. The second kappa shape index (κ2) is 15.4. The summed E-state index contributed by atoms with van der Waals surface area (Å²) >= 11 is 0. The number of hydrogen-bond donors (Lipinski definition) is 1. The van der Waals surface area contributed by atoms with Crippen LogP contribution in [-0.4, -0.2) is 51.3 Å². The van der Waals surface area contributed by atoms with E-state index in [2.05, 4.69) is 85.5 Å². The van der Waals surface area contributed by atoms with Crippen LogP contribution in [0, 0.1) is 34.6 Å². The smallest absolute Gasteiger partial charge is 0.294 e. The van der Waals surface area contributed by atoms with Crippen LogP contribution in [-0.2, 0) is 16.7 Å². The second-order valence-corrected chi connectivity index (χ2v) is 12.9. The molecule has 0 radical (unpaired) electrons. The Morgan fingerprint density at radius 1 is 0.833 bits per heavy atom. The largest absolute Gasteiger partial charge is 0.496 e. The topological polar surface area (TPSA) is 85.3 Å². The van der Waals surface area contributed by atoms with Crippen molar-refractivity contribution < 1.29 is 27.2 Å². The number of nitrogens with zero attached hydrogens (tertiary/aromatic N) is 1. The lowest BCUT2D eigenvalue weighted by molar-refractivity contribution is 0.225. The van der Waals surface area contributed by atoms with E-state index < -0.39 is 10.1 Å². The van der Waals surface area contributed by atoms with Gasteiger partial charge in [0, 0.05) is 18.7 Å². The fraction of sp³-hybridized carbons (Fsp3) is 0.471. The summed E-state index contributed by atoms with van der Waals surface area (Å²) in [5.41, 5.74) is 8.07. The number of benzene rings is 3. The summed E-state index contributed by atoms with van der Waals surface area (Å²) in [6, 6.07) is 12.5. The first-order valence-electron chi connectivity index (χ1n) is 14.4. The summed E-state index contributed by atoms with van der Waals surface area (Å²) in [4.78, 5) is 2.21. The van der Waals surface area contributed by atoms with Gasteiger partial charge in [0.1, 0.15) is 23.9 Å². The lowest BCUT2D eigenvalue weighted by Crippen LogP contribution is -2.25. The van der Waals surface area contributed by atoms with Crippen molar-refractivity contribution in [3.05, 3.63) is 81.4 Å². The Balaban J connectivity index is 0.000000468. The maximum atomic E-state index is 10.5. The van der Waals surface area contributed by atoms with Crippen molar-refractivity contribution >= 4 is 10.1 Å². The first-order chi connectivity index (χ1) is 19.6. The predicted octanol–water partition coefficient (Wildman–Crippen LogP) is 7.59. The third-order valence-electron chi connectivity index (χ3n) is 7.14. The highest BCUT2D eigenvalue weighted by atomic mass is 32.2. The quantitative estimate of drug-likeness (QED) is 0.227. The summed E-state index contributed by atoms with van der Waals surface area (Å²) in [6.07, 6.45) is 0.133. The molecule has 3 aromatic carbocycles. The van der Waals surface area contributed by atoms with Crippen LogP contribution in [0.15, 0.2) is 47.4 Å². The Kier molecular flexibility index (Phi) is 12.9. The van der Waals surface area contributed by atoms with Gasteiger partial charge in [-0.3, -0.25) is 9.45 Å². The summed E-state index contributed by atoms with van der Waals surface area (Å²) in [6.45, 7) is 21.1. The van der Waals surface area contributed by atoms with Crippen molar-refractivity contribution in [2.24, 2.45) is 0 Å². The zero-order valence-electron chi connectivity index (χ0n) is 27.2. The van der Waals surface area contributed by atoms with Gasteiger partial charge in [0.2, 0.25) is 0 Å². The Morgan fingerprint density at radius 2 is 1.40 bits per heavy atom. The molecule has 0 spiro atoms. The van der Waals surface area contributed by atoms with E-state index in [4.69, 9.17) is 18.8 Å². The highest BCUT2D eigenvalue weighted by Gasteiger charge is 2.21. The standard InChI is InChI=1S/C27H41NO3.C7H8O3S/c1-17(2)23-12-11-19(5)15-25(23)30-14-13-28(9)16-24-22(8)26(31-18(3)4)20(6)21(7)27(24)29-10;1-6-2-4-7(5-3-6)11(8,9)10/h11-12,15,17-18H,13-14,16H2,1-10H3;2-5H,1H3,(H,8,9,10). The van der Waals surface area contributed by atoms with Crippen LogP contribution in [0.25, 0.3) is 0 Å². The zero-order chi connectivity index (χ0) is 31.8. The summed E-state index contributed by atoms with van der Waals surface area (Å²) in [7, 11) is -0.143. The van der Waals surface area contributed by atoms with Gasteiger partial charge in [-0.1, -0.05) is 43.7 Å². The third-order valence-corrected chi connectivity index (χ3v) is 8.01. The number of hydrogen-bond acceptors (Lipinski definition) is 6. The molecule has 0 fully saturated rings. The average Bonchev–Trinajstić information content (AvgIpc) is 2.90. The van der Waals surface area contributed by atoms with Crippen molar-refractivity contribution in [2.75, 3.05) is 27.3 Å². The van der Waals surface area contributed by atoms with E-state index in [0.717, 1.165) is 52.6 Å². The Hall–Kier alpha value is -3.07. The fourth-order valence-electron chi connectivity index (χ4n) is 4.65. The molecule has 0 aromatic heterocycles. The molecule has 0 saturated carbocycles. The highest BCUT2D eigenvalue weighted by molar-refractivity contribution is 7.85. The van der Waals surface area contributed by atoms with Crippen LogP contribution >= 0.6 is 0 Å². The Labute approximate surface area is 253 Å². The van der Waals surface area contributed by atoms with E-state index in [9.17, 15) is 8.42 Å². The molecule has 0 heterocycles. The maximum Gasteiger partial charge on any atom is 0.294 e. The molecule has 0 atom stereocenters. The monoisotopic (exact) mass is 599 g/mol. The third kappa shape index (κ3) is 9.75. The van der Waals surface area contributed by atoms with Gasteiger partial charge >= 0.3 is 0 Å². The van der Waals surface area contributed by atoms with Crippen LogP contribution in [0.3, 0.4) is 0 Å². The van der Waals surface area contributed by atoms with Crippen molar-refractivity contribution in [3.8, 4) is 17.2 Å². The minimum absolute atomic E-state index is 0.0666. The number of aryl methyl sites for hydroxylation is 2. The van der Waals surface area contributed by atoms with Gasteiger partial charge < -0.3 is 14.2 Å². The molecule has 42 heavy (non-hydrogen) atoms. The van der Waals surface area contributed by atoms with Crippen LogP contribution in [0.4, 0.5) is 0 Å². The van der Waals surface area contributed by atoms with Crippen LogP contribution < -0.4 is 14.2 Å². The van der Waals surface area contributed by atoms with E-state index in [1.54, 1.807) is 19.2 Å². The predicted molar refractivity (Wildman–Crippen MR) is 171 cm³/mol. The molecule has 0 aliphatic heterocycles. The molecule has 0 aliphatic carbocycles. The van der Waals surface area contributed by atoms with Crippen molar-refractivity contribution in [1.82, 2.24) is 4.90 Å². The van der Waals surface area contributed by atoms with E-state index >= 15 is 0 Å². The lowest BCUT2D eigenvalue weighted by Gasteiger charge is -2.26. The van der Waals surface area contributed by atoms with E-state index in [-0.39, 0.29) is 11.0 Å². The van der Waals surface area contributed by atoms with Gasteiger partial charge in [-0.05, 0) is 107 Å².